The Hall–Kier alpha value is -1.55. The molecule has 88 valence electrons. The average Bonchev–Trinajstić information content (AvgIpc) is 2.24. The molecule has 0 radical (unpaired) electrons. The molecule has 0 atom stereocenters. The van der Waals surface area contributed by atoms with Crippen molar-refractivity contribution in [1.82, 2.24) is 4.90 Å². The van der Waals surface area contributed by atoms with Gasteiger partial charge >= 0.3 is 0 Å². The van der Waals surface area contributed by atoms with E-state index in [0.717, 1.165) is 36.4 Å². The van der Waals surface area contributed by atoms with Crippen LogP contribution in [-0.4, -0.2) is 38.3 Å². The van der Waals surface area contributed by atoms with Gasteiger partial charge in [0.15, 0.2) is 0 Å². The van der Waals surface area contributed by atoms with Gasteiger partial charge in [0, 0.05) is 29.7 Å². The number of anilines is 2. The van der Waals surface area contributed by atoms with Crippen LogP contribution >= 0.6 is 0 Å². The highest BCUT2D eigenvalue weighted by Gasteiger charge is 2.00. The quantitative estimate of drug-likeness (QED) is 0.388. The number of hydrogen-bond donors (Lipinski definition) is 3. The van der Waals surface area contributed by atoms with Crippen molar-refractivity contribution in [1.29, 1.82) is 5.41 Å². The first-order chi connectivity index (χ1) is 7.63. The van der Waals surface area contributed by atoms with Crippen LogP contribution in [0.4, 0.5) is 11.4 Å². The fourth-order valence-corrected chi connectivity index (χ4v) is 1.47. The van der Waals surface area contributed by atoms with Crippen LogP contribution in [0.2, 0.25) is 0 Å². The molecule has 1 aromatic carbocycles. The van der Waals surface area contributed by atoms with Gasteiger partial charge in [-0.3, -0.25) is 0 Å². The third kappa shape index (κ3) is 3.90. The topological polar surface area (TPSA) is 65.1 Å². The number of nitrogen functional groups attached to an aromatic ring is 1. The SMILES string of the molecule is CN(C)CCCNc1cc(N)ccc1C=N. The van der Waals surface area contributed by atoms with Crippen molar-refractivity contribution in [3.8, 4) is 0 Å². The zero-order valence-electron chi connectivity index (χ0n) is 9.96. The largest absolute Gasteiger partial charge is 0.399 e. The van der Waals surface area contributed by atoms with Crippen LogP contribution in [0.5, 0.6) is 0 Å². The average molecular weight is 220 g/mol. The highest BCUT2D eigenvalue weighted by Crippen LogP contribution is 2.17. The summed E-state index contributed by atoms with van der Waals surface area (Å²) in [5, 5.41) is 10.6. The lowest BCUT2D eigenvalue weighted by Gasteiger charge is -2.12. The Bertz CT molecular complexity index is 347. The second-order valence-electron chi connectivity index (χ2n) is 4.07. The second kappa shape index (κ2) is 6.12. The molecule has 1 aromatic rings. The van der Waals surface area contributed by atoms with Crippen molar-refractivity contribution in [2.45, 2.75) is 6.42 Å². The van der Waals surface area contributed by atoms with Gasteiger partial charge in [-0.15, -0.1) is 0 Å². The maximum atomic E-state index is 7.29. The molecule has 0 amide bonds. The van der Waals surface area contributed by atoms with E-state index in [-0.39, 0.29) is 0 Å². The summed E-state index contributed by atoms with van der Waals surface area (Å²) in [5.74, 6) is 0. The molecule has 0 unspecified atom stereocenters. The van der Waals surface area contributed by atoms with Crippen molar-refractivity contribution in [3.05, 3.63) is 23.8 Å². The van der Waals surface area contributed by atoms with Crippen molar-refractivity contribution < 1.29 is 0 Å². The predicted octanol–water partition coefficient (Wildman–Crippen LogP) is 1.63. The minimum Gasteiger partial charge on any atom is -0.399 e. The maximum absolute atomic E-state index is 7.29. The van der Waals surface area contributed by atoms with E-state index in [1.54, 1.807) is 0 Å². The Morgan fingerprint density at radius 3 is 2.81 bits per heavy atom. The number of hydrogen-bond acceptors (Lipinski definition) is 4. The first kappa shape index (κ1) is 12.5. The Kier molecular flexibility index (Phi) is 4.79. The monoisotopic (exact) mass is 220 g/mol. The van der Waals surface area contributed by atoms with Crippen LogP contribution in [0.25, 0.3) is 0 Å². The molecule has 0 aliphatic rings. The van der Waals surface area contributed by atoms with Gasteiger partial charge in [-0.25, -0.2) is 0 Å². The number of nitrogens with zero attached hydrogens (tertiary/aromatic N) is 1. The third-order valence-corrected chi connectivity index (χ3v) is 2.33. The van der Waals surface area contributed by atoms with Crippen LogP contribution in [0.15, 0.2) is 18.2 Å². The molecule has 4 nitrogen and oxygen atoms in total. The zero-order chi connectivity index (χ0) is 12.0. The summed E-state index contributed by atoms with van der Waals surface area (Å²) in [5.41, 5.74) is 8.25. The standard InChI is InChI=1S/C12H20N4/c1-16(2)7-3-6-15-12-8-11(14)5-4-10(12)9-13/h4-5,8-9,13,15H,3,6-7,14H2,1-2H3. The molecule has 0 aliphatic carbocycles. The smallest absolute Gasteiger partial charge is 0.0449 e. The normalized spacial score (nSPS) is 10.4. The van der Waals surface area contributed by atoms with E-state index in [1.165, 1.54) is 6.21 Å². The molecule has 0 aromatic heterocycles. The lowest BCUT2D eigenvalue weighted by atomic mass is 10.1. The first-order valence-electron chi connectivity index (χ1n) is 5.42. The summed E-state index contributed by atoms with van der Waals surface area (Å²) >= 11 is 0. The molecule has 0 saturated heterocycles. The van der Waals surface area contributed by atoms with E-state index in [9.17, 15) is 0 Å². The van der Waals surface area contributed by atoms with Crippen LogP contribution in [0.3, 0.4) is 0 Å². The van der Waals surface area contributed by atoms with E-state index in [4.69, 9.17) is 11.1 Å². The molecule has 1 rings (SSSR count). The van der Waals surface area contributed by atoms with Crippen molar-refractivity contribution in [2.24, 2.45) is 0 Å². The molecule has 0 heterocycles. The van der Waals surface area contributed by atoms with Gasteiger partial charge in [0.2, 0.25) is 0 Å². The first-order valence-corrected chi connectivity index (χ1v) is 5.42. The van der Waals surface area contributed by atoms with E-state index in [1.807, 2.05) is 18.2 Å². The number of rotatable bonds is 6. The predicted molar refractivity (Wildman–Crippen MR) is 70.4 cm³/mol. The lowest BCUT2D eigenvalue weighted by Crippen LogP contribution is -2.16. The van der Waals surface area contributed by atoms with E-state index in [0.29, 0.717) is 0 Å². The Balaban J connectivity index is 2.52. The summed E-state index contributed by atoms with van der Waals surface area (Å²) in [7, 11) is 4.12. The number of nitrogens with two attached hydrogens (primary N) is 1. The highest BCUT2D eigenvalue weighted by atomic mass is 15.1. The van der Waals surface area contributed by atoms with Crippen LogP contribution < -0.4 is 11.1 Å². The molecule has 4 heteroatoms. The fraction of sp³-hybridized carbons (Fsp3) is 0.417. The van der Waals surface area contributed by atoms with Gasteiger partial charge in [0.05, 0.1) is 0 Å². The van der Waals surface area contributed by atoms with Gasteiger partial charge in [-0.05, 0) is 45.3 Å². The van der Waals surface area contributed by atoms with Crippen LogP contribution in [0, 0.1) is 5.41 Å². The summed E-state index contributed by atoms with van der Waals surface area (Å²) in [6, 6.07) is 5.54. The zero-order valence-corrected chi connectivity index (χ0v) is 9.96. The van der Waals surface area contributed by atoms with Crippen LogP contribution in [0.1, 0.15) is 12.0 Å². The van der Waals surface area contributed by atoms with Gasteiger partial charge in [0.1, 0.15) is 0 Å². The molecule has 0 saturated carbocycles. The van der Waals surface area contributed by atoms with Crippen LogP contribution in [-0.2, 0) is 0 Å². The molecule has 0 spiro atoms. The van der Waals surface area contributed by atoms with E-state index >= 15 is 0 Å². The highest BCUT2D eigenvalue weighted by molar-refractivity contribution is 5.87. The minimum atomic E-state index is 0.723. The van der Waals surface area contributed by atoms with Crippen molar-refractivity contribution in [3.63, 3.8) is 0 Å². The van der Waals surface area contributed by atoms with E-state index < -0.39 is 0 Å². The van der Waals surface area contributed by atoms with Crippen molar-refractivity contribution in [2.75, 3.05) is 38.2 Å². The Labute approximate surface area is 97.0 Å². The van der Waals surface area contributed by atoms with Gasteiger partial charge < -0.3 is 21.4 Å². The van der Waals surface area contributed by atoms with Gasteiger partial charge in [-0.1, -0.05) is 0 Å². The second-order valence-corrected chi connectivity index (χ2v) is 4.07. The molecular weight excluding hydrogens is 200 g/mol. The number of benzene rings is 1. The van der Waals surface area contributed by atoms with Gasteiger partial charge in [0.25, 0.3) is 0 Å². The van der Waals surface area contributed by atoms with Crippen molar-refractivity contribution >= 4 is 17.6 Å². The summed E-state index contributed by atoms with van der Waals surface area (Å²) in [6.45, 7) is 1.94. The molecular formula is C12H20N4. The summed E-state index contributed by atoms with van der Waals surface area (Å²) < 4.78 is 0. The lowest BCUT2D eigenvalue weighted by molar-refractivity contribution is 0.405. The molecule has 0 aliphatic heterocycles. The minimum absolute atomic E-state index is 0.723. The third-order valence-electron chi connectivity index (χ3n) is 2.33. The number of nitrogens with one attached hydrogen (secondary N) is 2. The Morgan fingerprint density at radius 1 is 1.44 bits per heavy atom. The Morgan fingerprint density at radius 2 is 2.19 bits per heavy atom. The summed E-state index contributed by atoms with van der Waals surface area (Å²) in [6.07, 6.45) is 2.41. The molecule has 0 fully saturated rings. The summed E-state index contributed by atoms with van der Waals surface area (Å²) in [4.78, 5) is 2.15. The maximum Gasteiger partial charge on any atom is 0.0449 e. The fourth-order valence-electron chi connectivity index (χ4n) is 1.47. The molecule has 4 N–H and O–H groups in total. The molecule has 0 bridgehead atoms. The van der Waals surface area contributed by atoms with E-state index in [2.05, 4.69) is 24.3 Å². The molecule has 16 heavy (non-hydrogen) atoms. The van der Waals surface area contributed by atoms with Gasteiger partial charge in [-0.2, -0.15) is 0 Å².